The maximum absolute atomic E-state index is 12.2. The highest BCUT2D eigenvalue weighted by molar-refractivity contribution is 5.79. The zero-order valence-electron chi connectivity index (χ0n) is 33.8. The van der Waals surface area contributed by atoms with Crippen LogP contribution in [0.5, 0.6) is 0 Å². The third kappa shape index (κ3) is 22.3. The van der Waals surface area contributed by atoms with Crippen LogP contribution in [-0.2, 0) is 56.8 Å². The highest BCUT2D eigenvalue weighted by Crippen LogP contribution is 2.44. The molecule has 0 bridgehead atoms. The van der Waals surface area contributed by atoms with Crippen molar-refractivity contribution >= 4 is 6.09 Å². The molecule has 0 spiro atoms. The highest BCUT2D eigenvalue weighted by atomic mass is 16.6. The van der Waals surface area contributed by atoms with Crippen molar-refractivity contribution in [3.05, 3.63) is 59.7 Å². The highest BCUT2D eigenvalue weighted by Gasteiger charge is 2.28. The minimum absolute atomic E-state index is 0.0370. The van der Waals surface area contributed by atoms with Gasteiger partial charge in [0.1, 0.15) is 6.61 Å². The van der Waals surface area contributed by atoms with Gasteiger partial charge in [-0.3, -0.25) is 0 Å². The van der Waals surface area contributed by atoms with Crippen molar-refractivity contribution < 1.29 is 61.6 Å². The van der Waals surface area contributed by atoms with E-state index in [9.17, 15) is 4.79 Å². The lowest BCUT2D eigenvalue weighted by Crippen LogP contribution is -2.29. The molecule has 3 rings (SSSR count). The number of nitrogens with one attached hydrogen (secondary N) is 1. The van der Waals surface area contributed by atoms with E-state index in [1.165, 1.54) is 22.3 Å². The quantitative estimate of drug-likeness (QED) is 0.0937. The van der Waals surface area contributed by atoms with Gasteiger partial charge in [-0.05, 0) is 28.2 Å². The van der Waals surface area contributed by atoms with E-state index in [0.717, 1.165) is 13.0 Å². The molecule has 1 amide bonds. The molecule has 1 atom stereocenters. The Bertz CT molecular complexity index is 1190. The second kappa shape index (κ2) is 33.3. The first-order chi connectivity index (χ1) is 27.7. The number of rotatable bonds is 38. The van der Waals surface area contributed by atoms with E-state index < -0.39 is 6.09 Å². The second-order valence-corrected chi connectivity index (χ2v) is 13.0. The smallest absolute Gasteiger partial charge is 0.407 e. The van der Waals surface area contributed by atoms with Gasteiger partial charge in [-0.25, -0.2) is 4.79 Å². The van der Waals surface area contributed by atoms with Crippen LogP contribution in [0.25, 0.3) is 11.1 Å². The number of hydrogen-bond acceptors (Lipinski definition) is 13. The largest absolute Gasteiger partial charge is 0.449 e. The molecule has 0 aliphatic heterocycles. The number of fused-ring (bicyclic) bond motifs is 3. The van der Waals surface area contributed by atoms with Gasteiger partial charge in [0, 0.05) is 19.1 Å². The van der Waals surface area contributed by atoms with Gasteiger partial charge in [0.25, 0.3) is 0 Å². The summed E-state index contributed by atoms with van der Waals surface area (Å²) in [6.45, 7) is 16.3. The summed E-state index contributed by atoms with van der Waals surface area (Å²) >= 11 is 0. The third-order valence-electron chi connectivity index (χ3n) is 8.68. The molecule has 0 heterocycles. The molecule has 318 valence electrons. The number of hydrogen-bond donors (Lipinski definition) is 1. The van der Waals surface area contributed by atoms with Crippen molar-refractivity contribution in [1.82, 2.24) is 5.32 Å². The minimum atomic E-state index is -0.452. The number of ether oxygens (including phenoxy) is 12. The Morgan fingerprint density at radius 3 is 1.18 bits per heavy atom. The van der Waals surface area contributed by atoms with E-state index in [0.29, 0.717) is 151 Å². The second-order valence-electron chi connectivity index (χ2n) is 13.0. The Morgan fingerprint density at radius 1 is 0.500 bits per heavy atom. The van der Waals surface area contributed by atoms with Crippen LogP contribution in [0.4, 0.5) is 4.79 Å². The van der Waals surface area contributed by atoms with Crippen molar-refractivity contribution in [2.75, 3.05) is 159 Å². The fourth-order valence-electron chi connectivity index (χ4n) is 5.48. The lowest BCUT2D eigenvalue weighted by atomic mass is 9.98. The molecule has 0 fully saturated rings. The fourth-order valence-corrected chi connectivity index (χ4v) is 5.48. The summed E-state index contributed by atoms with van der Waals surface area (Å²) in [6, 6.07) is 16.5. The van der Waals surface area contributed by atoms with Gasteiger partial charge in [0.05, 0.1) is 139 Å². The number of amides is 1. The topological polar surface area (TPSA) is 140 Å². The normalized spacial score (nSPS) is 12.8. The summed E-state index contributed by atoms with van der Waals surface area (Å²) in [4.78, 5) is 12.2. The molecular weight excluding hydrogens is 726 g/mol. The first-order valence-electron chi connectivity index (χ1n) is 20.1. The zero-order chi connectivity index (χ0) is 39.6. The number of carbonyl (C=O) groups is 1. The molecular formula is C42H67NO13. The molecule has 56 heavy (non-hydrogen) atoms. The van der Waals surface area contributed by atoms with Crippen LogP contribution in [0.3, 0.4) is 0 Å². The summed E-state index contributed by atoms with van der Waals surface area (Å²) in [5, 5.41) is 2.75. The predicted octanol–water partition coefficient (Wildman–Crippen LogP) is 4.75. The van der Waals surface area contributed by atoms with Crippen molar-refractivity contribution in [2.45, 2.75) is 26.2 Å². The van der Waals surface area contributed by atoms with Crippen LogP contribution < -0.4 is 5.32 Å². The van der Waals surface area contributed by atoms with Crippen molar-refractivity contribution in [3.8, 4) is 11.1 Å². The van der Waals surface area contributed by atoms with Gasteiger partial charge in [-0.2, -0.15) is 0 Å². The Balaban J connectivity index is 0.939. The Kier molecular flexibility index (Phi) is 28.3. The van der Waals surface area contributed by atoms with Crippen LogP contribution in [0, 0.1) is 5.92 Å². The molecule has 1 unspecified atom stereocenters. The van der Waals surface area contributed by atoms with Gasteiger partial charge < -0.3 is 62.2 Å². The molecule has 2 aromatic carbocycles. The molecule has 14 nitrogen and oxygen atoms in total. The van der Waals surface area contributed by atoms with Gasteiger partial charge in [0.2, 0.25) is 0 Å². The Hall–Kier alpha value is -2.73. The molecule has 1 N–H and O–H groups in total. The molecule has 0 saturated carbocycles. The van der Waals surface area contributed by atoms with E-state index in [1.807, 2.05) is 24.3 Å². The van der Waals surface area contributed by atoms with Crippen LogP contribution in [0.2, 0.25) is 0 Å². The van der Waals surface area contributed by atoms with Gasteiger partial charge >= 0.3 is 6.09 Å². The molecule has 2 aromatic rings. The number of alkyl carbamates (subject to hydrolysis) is 1. The monoisotopic (exact) mass is 793 g/mol. The molecule has 1 aliphatic rings. The first-order valence-corrected chi connectivity index (χ1v) is 20.1. The summed E-state index contributed by atoms with van der Waals surface area (Å²) in [7, 11) is 0. The standard InChI is InChI=1S/C42H67NO13/c1-3-36(2)34-55-33-32-54-31-30-53-29-28-52-27-26-51-25-24-50-23-22-49-21-20-48-19-18-47-17-16-46-15-14-45-13-12-43-42(44)56-35-41-39-10-6-4-8-37(39)38-9-5-7-11-40(38)41/h4-11,36,41H,3,12-35H2,1-2H3,(H,43,44). The van der Waals surface area contributed by atoms with Gasteiger partial charge in [-0.1, -0.05) is 68.8 Å². The van der Waals surface area contributed by atoms with E-state index >= 15 is 0 Å². The van der Waals surface area contributed by atoms with Crippen LogP contribution >= 0.6 is 0 Å². The molecule has 0 aromatic heterocycles. The molecule has 14 heteroatoms. The summed E-state index contributed by atoms with van der Waals surface area (Å²) in [5.74, 6) is 0.629. The lowest BCUT2D eigenvalue weighted by molar-refractivity contribution is -0.0278. The van der Waals surface area contributed by atoms with E-state index in [-0.39, 0.29) is 12.5 Å². The molecule has 0 radical (unpaired) electrons. The summed E-state index contributed by atoms with van der Waals surface area (Å²) < 4.78 is 66.1. The third-order valence-corrected chi connectivity index (χ3v) is 8.68. The maximum Gasteiger partial charge on any atom is 0.407 e. The molecule has 0 saturated heterocycles. The van der Waals surface area contributed by atoms with E-state index in [4.69, 9.17) is 56.8 Å². The summed E-state index contributed by atoms with van der Waals surface area (Å²) in [6.07, 6.45) is 0.677. The first kappa shape index (κ1) is 47.6. The number of carbonyl (C=O) groups excluding carboxylic acids is 1. The van der Waals surface area contributed by atoms with Gasteiger partial charge in [-0.15, -0.1) is 0 Å². The van der Waals surface area contributed by atoms with Crippen LogP contribution in [0.15, 0.2) is 48.5 Å². The maximum atomic E-state index is 12.2. The van der Waals surface area contributed by atoms with Gasteiger partial charge in [0.15, 0.2) is 0 Å². The lowest BCUT2D eigenvalue weighted by Gasteiger charge is -2.14. The van der Waals surface area contributed by atoms with E-state index in [1.54, 1.807) is 0 Å². The zero-order valence-corrected chi connectivity index (χ0v) is 33.8. The fraction of sp³-hybridized carbons (Fsp3) is 0.690. The van der Waals surface area contributed by atoms with Crippen LogP contribution in [-0.4, -0.2) is 165 Å². The SMILES string of the molecule is CCC(C)COCCOCCOCCOCCOCCOCCOCCOCCOCCOCCOCCNC(=O)OCC1c2ccccc2-c2ccccc21. The van der Waals surface area contributed by atoms with Crippen molar-refractivity contribution in [3.63, 3.8) is 0 Å². The Morgan fingerprint density at radius 2 is 0.821 bits per heavy atom. The molecule has 1 aliphatic carbocycles. The average molecular weight is 794 g/mol. The predicted molar refractivity (Wildman–Crippen MR) is 212 cm³/mol. The number of benzene rings is 2. The summed E-state index contributed by atoms with van der Waals surface area (Å²) in [5.41, 5.74) is 4.77. The van der Waals surface area contributed by atoms with Crippen molar-refractivity contribution in [2.24, 2.45) is 5.92 Å². The van der Waals surface area contributed by atoms with Crippen molar-refractivity contribution in [1.29, 1.82) is 0 Å². The van der Waals surface area contributed by atoms with E-state index in [2.05, 4.69) is 43.4 Å². The minimum Gasteiger partial charge on any atom is -0.449 e. The van der Waals surface area contributed by atoms with Crippen LogP contribution in [0.1, 0.15) is 37.3 Å². The Labute approximate surface area is 334 Å². The average Bonchev–Trinajstić information content (AvgIpc) is 3.54.